The summed E-state index contributed by atoms with van der Waals surface area (Å²) in [5.74, 6) is -1.01. The van der Waals surface area contributed by atoms with Crippen LogP contribution in [0.5, 0.6) is 5.75 Å². The third-order valence-electron chi connectivity index (χ3n) is 4.19. The number of esters is 2. The Hall–Kier alpha value is -2.04. The SMILES string of the molecule is CCCCCCCCCCCC(=O)OCCOC(=O)c1ccccc1O. The molecule has 26 heavy (non-hydrogen) atoms. The van der Waals surface area contributed by atoms with Gasteiger partial charge in [0.1, 0.15) is 24.5 Å². The van der Waals surface area contributed by atoms with Gasteiger partial charge in [0.05, 0.1) is 0 Å². The summed E-state index contributed by atoms with van der Waals surface area (Å²) in [5, 5.41) is 9.55. The normalized spacial score (nSPS) is 10.5. The molecule has 1 N–H and O–H groups in total. The molecule has 0 saturated carbocycles. The lowest BCUT2D eigenvalue weighted by molar-refractivity contribution is -0.144. The Bertz CT molecular complexity index is 527. The molecule has 0 aliphatic carbocycles. The molecule has 0 aliphatic rings. The zero-order chi connectivity index (χ0) is 19.0. The minimum absolute atomic E-state index is 0.0172. The monoisotopic (exact) mass is 364 g/mol. The van der Waals surface area contributed by atoms with Crippen molar-refractivity contribution < 1.29 is 24.2 Å². The third kappa shape index (κ3) is 10.1. The second-order valence-electron chi connectivity index (χ2n) is 6.45. The van der Waals surface area contributed by atoms with Crippen molar-refractivity contribution in [2.75, 3.05) is 13.2 Å². The Labute approximate surface area is 156 Å². The van der Waals surface area contributed by atoms with Crippen LogP contribution in [0.2, 0.25) is 0 Å². The first-order chi connectivity index (χ1) is 12.6. The lowest BCUT2D eigenvalue weighted by Gasteiger charge is -2.07. The molecule has 5 nitrogen and oxygen atoms in total. The fourth-order valence-electron chi connectivity index (χ4n) is 2.67. The minimum Gasteiger partial charge on any atom is -0.507 e. The number of unbranched alkanes of at least 4 members (excludes halogenated alkanes) is 8. The topological polar surface area (TPSA) is 72.8 Å². The van der Waals surface area contributed by atoms with E-state index in [2.05, 4.69) is 6.92 Å². The van der Waals surface area contributed by atoms with Crippen LogP contribution < -0.4 is 0 Å². The lowest BCUT2D eigenvalue weighted by Crippen LogP contribution is -2.14. The van der Waals surface area contributed by atoms with Crippen molar-refractivity contribution in [2.45, 2.75) is 71.1 Å². The van der Waals surface area contributed by atoms with Crippen LogP contribution in [0.25, 0.3) is 0 Å². The number of benzene rings is 1. The molecule has 0 aromatic heterocycles. The van der Waals surface area contributed by atoms with Gasteiger partial charge in [-0.05, 0) is 18.6 Å². The summed E-state index contributed by atoms with van der Waals surface area (Å²) in [6, 6.07) is 6.16. The van der Waals surface area contributed by atoms with Crippen LogP contribution in [-0.4, -0.2) is 30.3 Å². The maximum Gasteiger partial charge on any atom is 0.342 e. The van der Waals surface area contributed by atoms with Crippen molar-refractivity contribution in [1.82, 2.24) is 0 Å². The highest BCUT2D eigenvalue weighted by Gasteiger charge is 2.11. The lowest BCUT2D eigenvalue weighted by atomic mass is 10.1. The Kier molecular flexibility index (Phi) is 12.0. The first kappa shape index (κ1) is 22.0. The third-order valence-corrected chi connectivity index (χ3v) is 4.19. The van der Waals surface area contributed by atoms with Gasteiger partial charge in [-0.25, -0.2) is 4.79 Å². The van der Waals surface area contributed by atoms with Gasteiger partial charge in [0.25, 0.3) is 0 Å². The molecule has 0 atom stereocenters. The maximum absolute atomic E-state index is 11.7. The number of para-hydroxylation sites is 1. The molecular weight excluding hydrogens is 332 g/mol. The number of aromatic hydroxyl groups is 1. The number of hydrogen-bond donors (Lipinski definition) is 1. The van der Waals surface area contributed by atoms with Gasteiger partial charge in [-0.15, -0.1) is 0 Å². The van der Waals surface area contributed by atoms with Crippen molar-refractivity contribution >= 4 is 11.9 Å². The van der Waals surface area contributed by atoms with E-state index in [0.717, 1.165) is 19.3 Å². The molecule has 0 bridgehead atoms. The summed E-state index contributed by atoms with van der Waals surface area (Å²) in [5.41, 5.74) is 0.105. The molecule has 1 rings (SSSR count). The van der Waals surface area contributed by atoms with E-state index in [0.29, 0.717) is 6.42 Å². The van der Waals surface area contributed by atoms with Crippen LogP contribution in [0, 0.1) is 0 Å². The standard InChI is InChI=1S/C21H32O5/c1-2-3-4-5-6-7-8-9-10-15-20(23)25-16-17-26-21(24)18-13-11-12-14-19(18)22/h11-14,22H,2-10,15-17H2,1H3. The first-order valence-corrected chi connectivity index (χ1v) is 9.76. The van der Waals surface area contributed by atoms with E-state index in [1.165, 1.54) is 50.7 Å². The Morgan fingerprint density at radius 2 is 1.42 bits per heavy atom. The fraction of sp³-hybridized carbons (Fsp3) is 0.619. The average Bonchev–Trinajstić information content (AvgIpc) is 2.64. The smallest absolute Gasteiger partial charge is 0.342 e. The zero-order valence-corrected chi connectivity index (χ0v) is 15.9. The molecular formula is C21H32O5. The van der Waals surface area contributed by atoms with E-state index in [1.807, 2.05) is 0 Å². The van der Waals surface area contributed by atoms with E-state index in [1.54, 1.807) is 12.1 Å². The van der Waals surface area contributed by atoms with Crippen molar-refractivity contribution in [1.29, 1.82) is 0 Å². The summed E-state index contributed by atoms with van der Waals surface area (Å²) in [4.78, 5) is 23.4. The van der Waals surface area contributed by atoms with Crippen LogP contribution in [-0.2, 0) is 14.3 Å². The van der Waals surface area contributed by atoms with Gasteiger partial charge in [-0.3, -0.25) is 4.79 Å². The van der Waals surface area contributed by atoms with Crippen molar-refractivity contribution in [3.8, 4) is 5.75 Å². The van der Waals surface area contributed by atoms with E-state index in [-0.39, 0.29) is 30.5 Å². The maximum atomic E-state index is 11.7. The summed E-state index contributed by atoms with van der Waals surface area (Å²) in [7, 11) is 0. The van der Waals surface area contributed by atoms with Gasteiger partial charge in [0.15, 0.2) is 0 Å². The highest BCUT2D eigenvalue weighted by Crippen LogP contribution is 2.16. The first-order valence-electron chi connectivity index (χ1n) is 9.76. The molecule has 0 saturated heterocycles. The molecule has 0 unspecified atom stereocenters. The Morgan fingerprint density at radius 3 is 2.08 bits per heavy atom. The number of ether oxygens (including phenoxy) is 2. The van der Waals surface area contributed by atoms with Crippen molar-refractivity contribution in [3.05, 3.63) is 29.8 Å². The predicted octanol–water partition coefficient (Wildman–Crippen LogP) is 5.01. The number of carbonyl (C=O) groups is 2. The van der Waals surface area contributed by atoms with Gasteiger partial charge >= 0.3 is 11.9 Å². The summed E-state index contributed by atoms with van der Waals surface area (Å²) < 4.78 is 10.0. The quantitative estimate of drug-likeness (QED) is 0.371. The van der Waals surface area contributed by atoms with Crippen LogP contribution in [0.1, 0.15) is 81.5 Å². The van der Waals surface area contributed by atoms with Crippen LogP contribution in [0.4, 0.5) is 0 Å². The largest absolute Gasteiger partial charge is 0.507 e. The number of phenols is 1. The molecule has 0 amide bonds. The number of phenolic OH excluding ortho intramolecular Hbond substituents is 1. The van der Waals surface area contributed by atoms with Gasteiger partial charge < -0.3 is 14.6 Å². The van der Waals surface area contributed by atoms with Gasteiger partial charge in [-0.2, -0.15) is 0 Å². The van der Waals surface area contributed by atoms with E-state index in [4.69, 9.17) is 9.47 Å². The van der Waals surface area contributed by atoms with E-state index in [9.17, 15) is 14.7 Å². The highest BCUT2D eigenvalue weighted by atomic mass is 16.6. The number of rotatable bonds is 14. The average molecular weight is 364 g/mol. The van der Waals surface area contributed by atoms with Crippen LogP contribution >= 0.6 is 0 Å². The second kappa shape index (κ2) is 14.2. The van der Waals surface area contributed by atoms with Crippen molar-refractivity contribution in [3.63, 3.8) is 0 Å². The fourth-order valence-corrected chi connectivity index (χ4v) is 2.67. The molecule has 0 fully saturated rings. The molecule has 0 radical (unpaired) electrons. The molecule has 0 aliphatic heterocycles. The van der Waals surface area contributed by atoms with Gasteiger partial charge in [-0.1, -0.05) is 70.4 Å². The molecule has 5 heteroatoms. The molecule has 1 aromatic carbocycles. The molecule has 0 spiro atoms. The molecule has 0 heterocycles. The molecule has 1 aromatic rings. The number of carbonyl (C=O) groups excluding carboxylic acids is 2. The second-order valence-corrected chi connectivity index (χ2v) is 6.45. The zero-order valence-electron chi connectivity index (χ0n) is 15.9. The highest BCUT2D eigenvalue weighted by molar-refractivity contribution is 5.92. The van der Waals surface area contributed by atoms with Crippen LogP contribution in [0.15, 0.2) is 24.3 Å². The summed E-state index contributed by atoms with van der Waals surface area (Å²) >= 11 is 0. The predicted molar refractivity (Wildman–Crippen MR) is 101 cm³/mol. The van der Waals surface area contributed by atoms with E-state index >= 15 is 0 Å². The number of hydrogen-bond acceptors (Lipinski definition) is 5. The van der Waals surface area contributed by atoms with Crippen LogP contribution in [0.3, 0.4) is 0 Å². The summed E-state index contributed by atoms with van der Waals surface area (Å²) in [6.07, 6.45) is 11.2. The summed E-state index contributed by atoms with van der Waals surface area (Å²) in [6.45, 7) is 2.24. The Morgan fingerprint density at radius 1 is 0.846 bits per heavy atom. The van der Waals surface area contributed by atoms with E-state index < -0.39 is 5.97 Å². The van der Waals surface area contributed by atoms with Gasteiger partial charge in [0, 0.05) is 6.42 Å². The van der Waals surface area contributed by atoms with Crippen molar-refractivity contribution in [2.24, 2.45) is 0 Å². The Balaban J connectivity index is 1.97. The minimum atomic E-state index is -0.627. The molecule has 146 valence electrons. The van der Waals surface area contributed by atoms with Gasteiger partial charge in [0.2, 0.25) is 0 Å².